The van der Waals surface area contributed by atoms with Crippen molar-refractivity contribution in [1.29, 1.82) is 0 Å². The Bertz CT molecular complexity index is 255. The first-order valence-corrected chi connectivity index (χ1v) is 3.91. The Morgan fingerprint density at radius 3 is 2.91 bits per heavy atom. The predicted molar refractivity (Wildman–Crippen MR) is 41.9 cm³/mol. The molecule has 2 N–H and O–H groups in total. The first kappa shape index (κ1) is 6.73. The first-order chi connectivity index (χ1) is 5.40. The maximum absolute atomic E-state index is 5.44. The van der Waals surface area contributed by atoms with Gasteiger partial charge in [0.05, 0.1) is 11.4 Å². The molecule has 1 aromatic rings. The zero-order valence-corrected chi connectivity index (χ0v) is 6.33. The van der Waals surface area contributed by atoms with Crippen LogP contribution in [0.4, 0.5) is 0 Å². The van der Waals surface area contributed by atoms with Crippen molar-refractivity contribution in [1.82, 2.24) is 9.97 Å². The van der Waals surface area contributed by atoms with Gasteiger partial charge in [-0.1, -0.05) is 0 Å². The lowest BCUT2D eigenvalue weighted by Crippen LogP contribution is -2.02. The summed E-state index contributed by atoms with van der Waals surface area (Å²) in [5.41, 5.74) is 7.45. The van der Waals surface area contributed by atoms with Crippen molar-refractivity contribution in [3.63, 3.8) is 0 Å². The summed E-state index contributed by atoms with van der Waals surface area (Å²) in [5.74, 6) is 0.675. The summed E-state index contributed by atoms with van der Waals surface area (Å²) >= 11 is 0. The van der Waals surface area contributed by atoms with Crippen molar-refractivity contribution in [3.05, 3.63) is 23.8 Å². The minimum absolute atomic E-state index is 0.494. The smallest absolute Gasteiger partial charge is 0.0725 e. The lowest BCUT2D eigenvalue weighted by Gasteiger charge is -1.98. The van der Waals surface area contributed by atoms with Crippen LogP contribution in [0, 0.1) is 0 Å². The maximum atomic E-state index is 5.44. The molecule has 1 fully saturated rings. The van der Waals surface area contributed by atoms with E-state index in [9.17, 15) is 0 Å². The Balaban J connectivity index is 2.26. The highest BCUT2D eigenvalue weighted by Crippen LogP contribution is 2.38. The van der Waals surface area contributed by atoms with Crippen LogP contribution in [0.1, 0.15) is 30.1 Å². The molecule has 0 atom stereocenters. The third-order valence-corrected chi connectivity index (χ3v) is 1.91. The van der Waals surface area contributed by atoms with E-state index in [0.717, 1.165) is 11.4 Å². The van der Waals surface area contributed by atoms with Gasteiger partial charge in [0.2, 0.25) is 0 Å². The van der Waals surface area contributed by atoms with Gasteiger partial charge >= 0.3 is 0 Å². The van der Waals surface area contributed by atoms with Crippen molar-refractivity contribution in [2.45, 2.75) is 25.3 Å². The molecule has 58 valence electrons. The lowest BCUT2D eigenvalue weighted by molar-refractivity contribution is 0.897. The predicted octanol–water partition coefficient (Wildman–Crippen LogP) is 0.813. The molecule has 0 unspecified atom stereocenters. The fourth-order valence-electron chi connectivity index (χ4n) is 1.10. The van der Waals surface area contributed by atoms with E-state index in [4.69, 9.17) is 5.73 Å². The largest absolute Gasteiger partial charge is 0.325 e. The Labute approximate surface area is 65.7 Å². The van der Waals surface area contributed by atoms with Crippen molar-refractivity contribution >= 4 is 0 Å². The summed E-state index contributed by atoms with van der Waals surface area (Å²) in [6.45, 7) is 0.494. The van der Waals surface area contributed by atoms with Gasteiger partial charge in [0.25, 0.3) is 0 Å². The maximum Gasteiger partial charge on any atom is 0.0725 e. The van der Waals surface area contributed by atoms with Gasteiger partial charge in [-0.05, 0) is 12.8 Å². The highest BCUT2D eigenvalue weighted by atomic mass is 14.8. The number of rotatable bonds is 2. The second-order valence-electron chi connectivity index (χ2n) is 2.91. The van der Waals surface area contributed by atoms with Crippen LogP contribution in [0.2, 0.25) is 0 Å². The number of nitrogens with zero attached hydrogens (tertiary/aromatic N) is 2. The minimum Gasteiger partial charge on any atom is -0.325 e. The van der Waals surface area contributed by atoms with E-state index in [-0.39, 0.29) is 0 Å². The summed E-state index contributed by atoms with van der Waals surface area (Å²) in [6, 6.07) is 0. The van der Waals surface area contributed by atoms with E-state index in [1.165, 1.54) is 12.8 Å². The van der Waals surface area contributed by atoms with Crippen molar-refractivity contribution in [2.75, 3.05) is 0 Å². The van der Waals surface area contributed by atoms with Crippen molar-refractivity contribution in [2.24, 2.45) is 5.73 Å². The van der Waals surface area contributed by atoms with E-state index in [0.29, 0.717) is 12.5 Å². The summed E-state index contributed by atoms with van der Waals surface area (Å²) in [6.07, 6.45) is 6.11. The van der Waals surface area contributed by atoms with Gasteiger partial charge in [-0.3, -0.25) is 9.97 Å². The summed E-state index contributed by atoms with van der Waals surface area (Å²) in [7, 11) is 0. The molecule has 0 aromatic carbocycles. The molecule has 3 nitrogen and oxygen atoms in total. The van der Waals surface area contributed by atoms with Gasteiger partial charge < -0.3 is 5.73 Å². The fourth-order valence-corrected chi connectivity index (χ4v) is 1.10. The molecule has 0 spiro atoms. The fraction of sp³-hybridized carbons (Fsp3) is 0.500. The average molecular weight is 149 g/mol. The third kappa shape index (κ3) is 1.38. The summed E-state index contributed by atoms with van der Waals surface area (Å²) in [4.78, 5) is 8.44. The molecule has 1 aromatic heterocycles. The SMILES string of the molecule is NCc1cncc(C2CC2)n1. The second-order valence-corrected chi connectivity index (χ2v) is 2.91. The molecule has 1 heterocycles. The quantitative estimate of drug-likeness (QED) is 0.677. The molecule has 3 heteroatoms. The standard InChI is InChI=1S/C8H11N3/c9-3-7-4-10-5-8(11-7)6-1-2-6/h4-6H,1-3,9H2. The Kier molecular flexibility index (Phi) is 1.58. The third-order valence-electron chi connectivity index (χ3n) is 1.91. The van der Waals surface area contributed by atoms with E-state index < -0.39 is 0 Å². The Morgan fingerprint density at radius 1 is 1.45 bits per heavy atom. The van der Waals surface area contributed by atoms with Crippen LogP contribution in [0.5, 0.6) is 0 Å². The van der Waals surface area contributed by atoms with Gasteiger partial charge in [-0.25, -0.2) is 0 Å². The topological polar surface area (TPSA) is 51.8 Å². The van der Waals surface area contributed by atoms with Crippen LogP contribution in [0.15, 0.2) is 12.4 Å². The van der Waals surface area contributed by atoms with Crippen LogP contribution in [0.25, 0.3) is 0 Å². The molecule has 11 heavy (non-hydrogen) atoms. The average Bonchev–Trinajstić information content (AvgIpc) is 2.87. The highest BCUT2D eigenvalue weighted by Gasteiger charge is 2.25. The zero-order valence-electron chi connectivity index (χ0n) is 6.33. The number of hydrogen-bond donors (Lipinski definition) is 1. The van der Waals surface area contributed by atoms with E-state index in [2.05, 4.69) is 9.97 Å². The molecule has 0 amide bonds. The normalized spacial score (nSPS) is 16.8. The van der Waals surface area contributed by atoms with Gasteiger partial charge in [0, 0.05) is 24.9 Å². The second kappa shape index (κ2) is 2.58. The van der Waals surface area contributed by atoms with E-state index >= 15 is 0 Å². The molecule has 0 radical (unpaired) electrons. The molecule has 0 saturated heterocycles. The van der Waals surface area contributed by atoms with Crippen LogP contribution < -0.4 is 5.73 Å². The van der Waals surface area contributed by atoms with Gasteiger partial charge in [0.1, 0.15) is 0 Å². The summed E-state index contributed by atoms with van der Waals surface area (Å²) < 4.78 is 0. The molecule has 2 rings (SSSR count). The van der Waals surface area contributed by atoms with Crippen LogP contribution >= 0.6 is 0 Å². The van der Waals surface area contributed by atoms with Crippen molar-refractivity contribution < 1.29 is 0 Å². The summed E-state index contributed by atoms with van der Waals surface area (Å²) in [5, 5.41) is 0. The molecular formula is C8H11N3. The van der Waals surface area contributed by atoms with Gasteiger partial charge in [-0.15, -0.1) is 0 Å². The number of nitrogens with two attached hydrogens (primary N) is 1. The van der Waals surface area contributed by atoms with Gasteiger partial charge in [-0.2, -0.15) is 0 Å². The zero-order chi connectivity index (χ0) is 7.68. The molecule has 1 saturated carbocycles. The van der Waals surface area contributed by atoms with Gasteiger partial charge in [0.15, 0.2) is 0 Å². The lowest BCUT2D eigenvalue weighted by atomic mass is 10.3. The van der Waals surface area contributed by atoms with Crippen LogP contribution in [-0.4, -0.2) is 9.97 Å². The van der Waals surface area contributed by atoms with Crippen LogP contribution in [0.3, 0.4) is 0 Å². The molecule has 1 aliphatic rings. The minimum atomic E-state index is 0.494. The molecule has 0 aliphatic heterocycles. The van der Waals surface area contributed by atoms with E-state index in [1.54, 1.807) is 6.20 Å². The first-order valence-electron chi connectivity index (χ1n) is 3.91. The number of hydrogen-bond acceptors (Lipinski definition) is 3. The molecule has 0 bridgehead atoms. The molecule has 1 aliphatic carbocycles. The van der Waals surface area contributed by atoms with Crippen LogP contribution in [-0.2, 0) is 6.54 Å². The van der Waals surface area contributed by atoms with E-state index in [1.807, 2.05) is 6.20 Å². The Hall–Kier alpha value is -0.960. The molecular weight excluding hydrogens is 138 g/mol. The highest BCUT2D eigenvalue weighted by molar-refractivity contribution is 5.13. The number of aromatic nitrogens is 2. The Morgan fingerprint density at radius 2 is 2.27 bits per heavy atom. The van der Waals surface area contributed by atoms with Crippen molar-refractivity contribution in [3.8, 4) is 0 Å². The monoisotopic (exact) mass is 149 g/mol.